The van der Waals surface area contributed by atoms with Crippen molar-refractivity contribution in [2.45, 2.75) is 12.5 Å². The maximum absolute atomic E-state index is 12.4. The third-order valence-corrected chi connectivity index (χ3v) is 3.56. The van der Waals surface area contributed by atoms with E-state index >= 15 is 0 Å². The quantitative estimate of drug-likeness (QED) is 0.775. The van der Waals surface area contributed by atoms with Crippen molar-refractivity contribution >= 4 is 16.7 Å². The van der Waals surface area contributed by atoms with E-state index in [1.807, 2.05) is 24.3 Å². The number of pyridine rings is 1. The van der Waals surface area contributed by atoms with Crippen LogP contribution < -0.4 is 5.32 Å². The molecule has 0 saturated heterocycles. The summed E-state index contributed by atoms with van der Waals surface area (Å²) in [5.74, 6) is 0.125. The van der Waals surface area contributed by atoms with E-state index in [9.17, 15) is 9.90 Å². The summed E-state index contributed by atoms with van der Waals surface area (Å²) in [6, 6.07) is 10.9. The molecule has 0 saturated carbocycles. The molecule has 0 aliphatic heterocycles. The lowest BCUT2D eigenvalue weighted by molar-refractivity contribution is 0.0330. The Bertz CT molecular complexity index is 789. The van der Waals surface area contributed by atoms with Gasteiger partial charge in [-0.05, 0) is 24.4 Å². The van der Waals surface area contributed by atoms with Gasteiger partial charge in [-0.2, -0.15) is 0 Å². The molecule has 3 aromatic rings. The van der Waals surface area contributed by atoms with Crippen LogP contribution in [0, 0.1) is 0 Å². The summed E-state index contributed by atoms with van der Waals surface area (Å²) in [5, 5.41) is 14.8. The van der Waals surface area contributed by atoms with Crippen LogP contribution in [0.1, 0.15) is 23.0 Å². The molecule has 112 valence electrons. The van der Waals surface area contributed by atoms with E-state index in [0.29, 0.717) is 11.3 Å². The highest BCUT2D eigenvalue weighted by molar-refractivity contribution is 6.06. The minimum Gasteiger partial charge on any atom is -0.466 e. The molecule has 1 atom stereocenters. The molecule has 2 aromatic heterocycles. The zero-order chi connectivity index (χ0) is 15.6. The Balaban J connectivity index is 1.80. The van der Waals surface area contributed by atoms with Crippen LogP contribution in [0.25, 0.3) is 10.8 Å². The Hall–Kier alpha value is -2.66. The molecule has 0 aliphatic rings. The molecule has 0 bridgehead atoms. The zero-order valence-electron chi connectivity index (χ0n) is 12.1. The van der Waals surface area contributed by atoms with E-state index in [4.69, 9.17) is 4.42 Å². The fourth-order valence-corrected chi connectivity index (χ4v) is 2.32. The topological polar surface area (TPSA) is 75.4 Å². The number of benzene rings is 1. The molecule has 0 aliphatic carbocycles. The second-order valence-corrected chi connectivity index (χ2v) is 5.34. The summed E-state index contributed by atoms with van der Waals surface area (Å²) in [6.45, 7) is 1.63. The van der Waals surface area contributed by atoms with E-state index in [-0.39, 0.29) is 12.5 Å². The van der Waals surface area contributed by atoms with Crippen molar-refractivity contribution in [2.75, 3.05) is 6.54 Å². The van der Waals surface area contributed by atoms with E-state index in [1.165, 1.54) is 12.5 Å². The van der Waals surface area contributed by atoms with Crippen molar-refractivity contribution < 1.29 is 14.3 Å². The minimum absolute atomic E-state index is 0.0442. The van der Waals surface area contributed by atoms with Crippen molar-refractivity contribution in [2.24, 2.45) is 0 Å². The van der Waals surface area contributed by atoms with E-state index < -0.39 is 5.60 Å². The minimum atomic E-state index is -1.27. The maximum atomic E-state index is 12.4. The SMILES string of the molecule is CC(O)(CNC(=O)c1cncc2ccccc12)c1ccco1. The van der Waals surface area contributed by atoms with Gasteiger partial charge in [0, 0.05) is 17.8 Å². The Morgan fingerprint density at radius 3 is 2.86 bits per heavy atom. The Kier molecular flexibility index (Phi) is 3.65. The number of furan rings is 1. The molecule has 3 rings (SSSR count). The molecule has 2 N–H and O–H groups in total. The number of rotatable bonds is 4. The molecule has 0 radical (unpaired) electrons. The molecule has 1 unspecified atom stereocenters. The first kappa shape index (κ1) is 14.3. The van der Waals surface area contributed by atoms with Crippen molar-refractivity contribution in [1.82, 2.24) is 10.3 Å². The molecule has 1 aromatic carbocycles. The number of fused-ring (bicyclic) bond motifs is 1. The summed E-state index contributed by atoms with van der Waals surface area (Å²) >= 11 is 0. The van der Waals surface area contributed by atoms with Crippen LogP contribution >= 0.6 is 0 Å². The van der Waals surface area contributed by atoms with Crippen LogP contribution in [0.15, 0.2) is 59.5 Å². The van der Waals surface area contributed by atoms with Crippen LogP contribution in [0.4, 0.5) is 0 Å². The van der Waals surface area contributed by atoms with Crippen LogP contribution in [-0.4, -0.2) is 22.5 Å². The molecule has 0 fully saturated rings. The summed E-state index contributed by atoms with van der Waals surface area (Å²) < 4.78 is 5.19. The first-order valence-corrected chi connectivity index (χ1v) is 6.95. The van der Waals surface area contributed by atoms with Gasteiger partial charge in [0.1, 0.15) is 11.4 Å². The van der Waals surface area contributed by atoms with E-state index in [1.54, 1.807) is 25.3 Å². The predicted octanol–water partition coefficient (Wildman–Crippen LogP) is 2.47. The van der Waals surface area contributed by atoms with E-state index in [0.717, 1.165) is 10.8 Å². The van der Waals surface area contributed by atoms with Crippen molar-refractivity contribution in [3.05, 3.63) is 66.4 Å². The van der Waals surface area contributed by atoms with Crippen LogP contribution in [-0.2, 0) is 5.60 Å². The van der Waals surface area contributed by atoms with Crippen LogP contribution in [0.5, 0.6) is 0 Å². The second-order valence-electron chi connectivity index (χ2n) is 5.34. The van der Waals surface area contributed by atoms with Crippen LogP contribution in [0.3, 0.4) is 0 Å². The van der Waals surface area contributed by atoms with Gasteiger partial charge >= 0.3 is 0 Å². The van der Waals surface area contributed by atoms with Gasteiger partial charge in [-0.3, -0.25) is 9.78 Å². The number of nitrogens with one attached hydrogen (secondary N) is 1. The monoisotopic (exact) mass is 296 g/mol. The molecule has 5 heteroatoms. The van der Waals surface area contributed by atoms with Gasteiger partial charge in [0.05, 0.1) is 18.4 Å². The van der Waals surface area contributed by atoms with Crippen molar-refractivity contribution in [3.63, 3.8) is 0 Å². The molecule has 22 heavy (non-hydrogen) atoms. The summed E-state index contributed by atoms with van der Waals surface area (Å²) in [7, 11) is 0. The standard InChI is InChI=1S/C17H16N2O3/c1-17(21,15-7-4-8-22-15)11-19-16(20)14-10-18-9-12-5-2-3-6-13(12)14/h2-10,21H,11H2,1H3,(H,19,20). The molecule has 2 heterocycles. The molecule has 5 nitrogen and oxygen atoms in total. The second kappa shape index (κ2) is 5.61. The van der Waals surface area contributed by atoms with Gasteiger partial charge < -0.3 is 14.8 Å². The number of carbonyl (C=O) groups is 1. The van der Waals surface area contributed by atoms with Gasteiger partial charge in [-0.1, -0.05) is 24.3 Å². The molecular formula is C17H16N2O3. The number of carbonyl (C=O) groups excluding carboxylic acids is 1. The third-order valence-electron chi connectivity index (χ3n) is 3.56. The van der Waals surface area contributed by atoms with Crippen molar-refractivity contribution in [3.8, 4) is 0 Å². The number of hydrogen-bond acceptors (Lipinski definition) is 4. The van der Waals surface area contributed by atoms with E-state index in [2.05, 4.69) is 10.3 Å². The lowest BCUT2D eigenvalue weighted by atomic mass is 10.0. The first-order chi connectivity index (χ1) is 10.6. The lowest BCUT2D eigenvalue weighted by Crippen LogP contribution is -2.38. The van der Waals surface area contributed by atoms with Gasteiger partial charge in [0.2, 0.25) is 0 Å². The fourth-order valence-electron chi connectivity index (χ4n) is 2.32. The normalized spacial score (nSPS) is 13.7. The van der Waals surface area contributed by atoms with Gasteiger partial charge in [-0.25, -0.2) is 0 Å². The highest BCUT2D eigenvalue weighted by Crippen LogP contribution is 2.21. The molecular weight excluding hydrogens is 280 g/mol. The summed E-state index contributed by atoms with van der Waals surface area (Å²) in [4.78, 5) is 16.5. The van der Waals surface area contributed by atoms with Crippen LogP contribution in [0.2, 0.25) is 0 Å². The molecule has 0 spiro atoms. The maximum Gasteiger partial charge on any atom is 0.253 e. The third kappa shape index (κ3) is 2.71. The largest absolute Gasteiger partial charge is 0.466 e. The Morgan fingerprint density at radius 1 is 1.27 bits per heavy atom. The van der Waals surface area contributed by atoms with Gasteiger partial charge in [0.15, 0.2) is 0 Å². The first-order valence-electron chi connectivity index (χ1n) is 6.95. The number of aromatic nitrogens is 1. The predicted molar refractivity (Wildman–Crippen MR) is 82.4 cm³/mol. The number of hydrogen-bond donors (Lipinski definition) is 2. The average molecular weight is 296 g/mol. The highest BCUT2D eigenvalue weighted by Gasteiger charge is 2.27. The van der Waals surface area contributed by atoms with Gasteiger partial charge in [-0.15, -0.1) is 0 Å². The summed E-state index contributed by atoms with van der Waals surface area (Å²) in [6.07, 6.45) is 4.73. The highest BCUT2D eigenvalue weighted by atomic mass is 16.4. The van der Waals surface area contributed by atoms with Crippen molar-refractivity contribution in [1.29, 1.82) is 0 Å². The summed E-state index contributed by atoms with van der Waals surface area (Å²) in [5.41, 5.74) is -0.787. The Labute approximate surface area is 127 Å². The van der Waals surface area contributed by atoms with Gasteiger partial charge in [0.25, 0.3) is 5.91 Å². The smallest absolute Gasteiger partial charge is 0.253 e. The zero-order valence-corrected chi connectivity index (χ0v) is 12.1. The number of nitrogens with zero attached hydrogens (tertiary/aromatic N) is 1. The number of aliphatic hydroxyl groups is 1. The number of amides is 1. The fraction of sp³-hybridized carbons (Fsp3) is 0.176. The average Bonchev–Trinajstić information content (AvgIpc) is 3.07. The Morgan fingerprint density at radius 2 is 2.09 bits per heavy atom. The molecule has 1 amide bonds. The lowest BCUT2D eigenvalue weighted by Gasteiger charge is -2.21.